The molecule has 1 aliphatic heterocycles. The predicted molar refractivity (Wildman–Crippen MR) is 64.0 cm³/mol. The molecule has 0 radical (unpaired) electrons. The first-order chi connectivity index (χ1) is 7.25. The summed E-state index contributed by atoms with van der Waals surface area (Å²) in [5.41, 5.74) is 1.24. The summed E-state index contributed by atoms with van der Waals surface area (Å²) in [6.07, 6.45) is 0. The van der Waals surface area contributed by atoms with Crippen LogP contribution in [-0.4, -0.2) is 36.2 Å². The zero-order valence-corrected chi connectivity index (χ0v) is 10.1. The van der Waals surface area contributed by atoms with Gasteiger partial charge in [0, 0.05) is 32.7 Å². The SMILES string of the molecule is Oc1ccc(CN2CCNCC2)cc1Br. The number of halogens is 1. The van der Waals surface area contributed by atoms with Gasteiger partial charge in [0.05, 0.1) is 4.47 Å². The Morgan fingerprint density at radius 3 is 2.73 bits per heavy atom. The lowest BCUT2D eigenvalue weighted by molar-refractivity contribution is 0.233. The number of rotatable bonds is 2. The molecule has 1 saturated heterocycles. The Labute approximate surface area is 98.2 Å². The Hall–Kier alpha value is -0.580. The largest absolute Gasteiger partial charge is 0.507 e. The number of aromatic hydroxyl groups is 1. The minimum Gasteiger partial charge on any atom is -0.507 e. The van der Waals surface area contributed by atoms with E-state index in [2.05, 4.69) is 26.1 Å². The van der Waals surface area contributed by atoms with E-state index in [1.165, 1.54) is 5.56 Å². The van der Waals surface area contributed by atoms with Gasteiger partial charge in [-0.05, 0) is 33.6 Å². The summed E-state index contributed by atoms with van der Waals surface area (Å²) in [6, 6.07) is 5.70. The Morgan fingerprint density at radius 1 is 1.33 bits per heavy atom. The number of hydrogen-bond donors (Lipinski definition) is 2. The summed E-state index contributed by atoms with van der Waals surface area (Å²) in [7, 11) is 0. The molecule has 15 heavy (non-hydrogen) atoms. The van der Waals surface area contributed by atoms with Crippen LogP contribution in [0.5, 0.6) is 5.75 Å². The fourth-order valence-electron chi connectivity index (χ4n) is 1.78. The van der Waals surface area contributed by atoms with Gasteiger partial charge in [-0.3, -0.25) is 4.90 Å². The fraction of sp³-hybridized carbons (Fsp3) is 0.455. The minimum atomic E-state index is 0.305. The summed E-state index contributed by atoms with van der Waals surface area (Å²) in [5.74, 6) is 0.305. The van der Waals surface area contributed by atoms with Crippen LogP contribution in [0.2, 0.25) is 0 Å². The van der Waals surface area contributed by atoms with Gasteiger partial charge in [-0.15, -0.1) is 0 Å². The molecule has 2 rings (SSSR count). The number of benzene rings is 1. The zero-order chi connectivity index (χ0) is 10.7. The van der Waals surface area contributed by atoms with Crippen molar-refractivity contribution in [1.82, 2.24) is 10.2 Å². The van der Waals surface area contributed by atoms with Crippen LogP contribution in [0.4, 0.5) is 0 Å². The second-order valence-electron chi connectivity index (χ2n) is 3.81. The van der Waals surface area contributed by atoms with E-state index in [0.29, 0.717) is 5.75 Å². The maximum Gasteiger partial charge on any atom is 0.129 e. The van der Waals surface area contributed by atoms with Gasteiger partial charge in [-0.1, -0.05) is 6.07 Å². The summed E-state index contributed by atoms with van der Waals surface area (Å²) in [6.45, 7) is 5.29. The molecular formula is C11H15BrN2O. The van der Waals surface area contributed by atoms with Crippen LogP contribution in [0.3, 0.4) is 0 Å². The van der Waals surface area contributed by atoms with E-state index in [-0.39, 0.29) is 0 Å². The quantitative estimate of drug-likeness (QED) is 0.857. The molecule has 1 aromatic carbocycles. The molecule has 1 aliphatic rings. The molecule has 0 amide bonds. The van der Waals surface area contributed by atoms with E-state index in [1.807, 2.05) is 12.1 Å². The number of phenolic OH excluding ortho intramolecular Hbond substituents is 1. The summed E-state index contributed by atoms with van der Waals surface area (Å²) in [5, 5.41) is 12.7. The van der Waals surface area contributed by atoms with Gasteiger partial charge in [0.2, 0.25) is 0 Å². The zero-order valence-electron chi connectivity index (χ0n) is 8.54. The van der Waals surface area contributed by atoms with E-state index in [9.17, 15) is 5.11 Å². The van der Waals surface area contributed by atoms with Crippen molar-refractivity contribution in [3.05, 3.63) is 28.2 Å². The Balaban J connectivity index is 2.00. The average Bonchev–Trinajstić information content (AvgIpc) is 2.25. The smallest absolute Gasteiger partial charge is 0.129 e. The first-order valence-electron chi connectivity index (χ1n) is 5.16. The van der Waals surface area contributed by atoms with Crippen LogP contribution in [0.15, 0.2) is 22.7 Å². The van der Waals surface area contributed by atoms with E-state index in [4.69, 9.17) is 0 Å². The summed E-state index contributed by atoms with van der Waals surface area (Å²) >= 11 is 3.33. The van der Waals surface area contributed by atoms with Gasteiger partial charge in [-0.2, -0.15) is 0 Å². The van der Waals surface area contributed by atoms with Crippen LogP contribution < -0.4 is 5.32 Å². The van der Waals surface area contributed by atoms with Crippen molar-refractivity contribution < 1.29 is 5.11 Å². The molecule has 82 valence electrons. The highest BCUT2D eigenvalue weighted by Crippen LogP contribution is 2.24. The topological polar surface area (TPSA) is 35.5 Å². The highest BCUT2D eigenvalue weighted by atomic mass is 79.9. The third-order valence-corrected chi connectivity index (χ3v) is 3.26. The molecule has 0 bridgehead atoms. The second kappa shape index (κ2) is 4.96. The molecular weight excluding hydrogens is 256 g/mol. The van der Waals surface area contributed by atoms with Crippen molar-refractivity contribution >= 4 is 15.9 Å². The fourth-order valence-corrected chi connectivity index (χ4v) is 2.20. The minimum absolute atomic E-state index is 0.305. The standard InChI is InChI=1S/C11H15BrN2O/c12-10-7-9(1-2-11(10)15)8-14-5-3-13-4-6-14/h1-2,7,13,15H,3-6,8H2. The maximum absolute atomic E-state index is 9.38. The highest BCUT2D eigenvalue weighted by molar-refractivity contribution is 9.10. The number of hydrogen-bond acceptors (Lipinski definition) is 3. The van der Waals surface area contributed by atoms with E-state index < -0.39 is 0 Å². The lowest BCUT2D eigenvalue weighted by Gasteiger charge is -2.27. The van der Waals surface area contributed by atoms with Crippen LogP contribution in [0.25, 0.3) is 0 Å². The lowest BCUT2D eigenvalue weighted by Crippen LogP contribution is -2.42. The van der Waals surface area contributed by atoms with Crippen molar-refractivity contribution in [2.24, 2.45) is 0 Å². The monoisotopic (exact) mass is 270 g/mol. The Bertz CT molecular complexity index is 337. The molecule has 0 spiro atoms. The summed E-state index contributed by atoms with van der Waals surface area (Å²) in [4.78, 5) is 2.41. The van der Waals surface area contributed by atoms with Crippen molar-refractivity contribution in [2.75, 3.05) is 26.2 Å². The molecule has 0 aromatic heterocycles. The molecule has 1 aromatic rings. The van der Waals surface area contributed by atoms with Gasteiger partial charge in [0.25, 0.3) is 0 Å². The van der Waals surface area contributed by atoms with Crippen molar-refractivity contribution in [3.8, 4) is 5.75 Å². The van der Waals surface area contributed by atoms with Gasteiger partial charge < -0.3 is 10.4 Å². The first-order valence-corrected chi connectivity index (χ1v) is 5.95. The molecule has 1 fully saturated rings. The molecule has 1 heterocycles. The van der Waals surface area contributed by atoms with Crippen LogP contribution in [0.1, 0.15) is 5.56 Å². The Kier molecular flexibility index (Phi) is 3.61. The number of phenols is 1. The number of nitrogens with one attached hydrogen (secondary N) is 1. The van der Waals surface area contributed by atoms with Crippen LogP contribution in [-0.2, 0) is 6.54 Å². The van der Waals surface area contributed by atoms with E-state index in [0.717, 1.165) is 37.2 Å². The normalized spacial score (nSPS) is 17.9. The van der Waals surface area contributed by atoms with Crippen molar-refractivity contribution in [1.29, 1.82) is 0 Å². The average molecular weight is 271 g/mol. The predicted octanol–water partition coefficient (Wildman–Crippen LogP) is 1.56. The van der Waals surface area contributed by atoms with Crippen molar-refractivity contribution in [2.45, 2.75) is 6.54 Å². The summed E-state index contributed by atoms with van der Waals surface area (Å²) < 4.78 is 0.773. The second-order valence-corrected chi connectivity index (χ2v) is 4.67. The molecule has 0 unspecified atom stereocenters. The maximum atomic E-state index is 9.38. The van der Waals surface area contributed by atoms with Gasteiger partial charge in [-0.25, -0.2) is 0 Å². The van der Waals surface area contributed by atoms with Gasteiger partial charge in [0.15, 0.2) is 0 Å². The van der Waals surface area contributed by atoms with Crippen LogP contribution in [0, 0.1) is 0 Å². The van der Waals surface area contributed by atoms with Gasteiger partial charge >= 0.3 is 0 Å². The highest BCUT2D eigenvalue weighted by Gasteiger charge is 2.10. The molecule has 0 aliphatic carbocycles. The van der Waals surface area contributed by atoms with E-state index in [1.54, 1.807) is 6.07 Å². The molecule has 0 saturated carbocycles. The molecule has 2 N–H and O–H groups in total. The van der Waals surface area contributed by atoms with Crippen LogP contribution >= 0.6 is 15.9 Å². The Morgan fingerprint density at radius 2 is 2.07 bits per heavy atom. The first kappa shape index (κ1) is 10.9. The van der Waals surface area contributed by atoms with Crippen molar-refractivity contribution in [3.63, 3.8) is 0 Å². The van der Waals surface area contributed by atoms with E-state index >= 15 is 0 Å². The number of piperazine rings is 1. The third-order valence-electron chi connectivity index (χ3n) is 2.63. The third kappa shape index (κ3) is 2.93. The lowest BCUT2D eigenvalue weighted by atomic mass is 10.2. The molecule has 4 heteroatoms. The van der Waals surface area contributed by atoms with Gasteiger partial charge in [0.1, 0.15) is 5.75 Å². The molecule has 0 atom stereocenters. The molecule has 3 nitrogen and oxygen atoms in total. The number of nitrogens with zero attached hydrogens (tertiary/aromatic N) is 1.